The summed E-state index contributed by atoms with van der Waals surface area (Å²) in [5, 5.41) is 6.73. The molecule has 0 fully saturated rings. The zero-order valence-corrected chi connectivity index (χ0v) is 13.0. The van der Waals surface area contributed by atoms with Gasteiger partial charge in [-0.3, -0.25) is 4.79 Å². The van der Waals surface area contributed by atoms with E-state index < -0.39 is 0 Å². The molecule has 0 aliphatic carbocycles. The second-order valence-electron chi connectivity index (χ2n) is 4.98. The van der Waals surface area contributed by atoms with Gasteiger partial charge in [0, 0.05) is 18.7 Å². The van der Waals surface area contributed by atoms with Gasteiger partial charge in [-0.1, -0.05) is 43.6 Å². The number of halogens is 1. The van der Waals surface area contributed by atoms with Crippen molar-refractivity contribution < 1.29 is 9.53 Å². The van der Waals surface area contributed by atoms with Crippen molar-refractivity contribution in [2.24, 2.45) is 5.92 Å². The van der Waals surface area contributed by atoms with Gasteiger partial charge in [0.05, 0.1) is 19.2 Å². The molecule has 0 aliphatic heterocycles. The highest BCUT2D eigenvalue weighted by molar-refractivity contribution is 6.31. The third-order valence-electron chi connectivity index (χ3n) is 2.99. The number of ether oxygens (including phenoxy) is 1. The molecule has 0 aromatic heterocycles. The van der Waals surface area contributed by atoms with E-state index in [1.807, 2.05) is 24.3 Å². The number of carbonyl (C=O) groups excluding carboxylic acids is 1. The van der Waals surface area contributed by atoms with Crippen LogP contribution in [0.1, 0.15) is 25.5 Å². The number of benzene rings is 1. The van der Waals surface area contributed by atoms with Gasteiger partial charge < -0.3 is 15.4 Å². The number of hydrogen-bond donors (Lipinski definition) is 2. The van der Waals surface area contributed by atoms with E-state index >= 15 is 0 Å². The van der Waals surface area contributed by atoms with Crippen LogP contribution in [0.2, 0.25) is 5.02 Å². The van der Waals surface area contributed by atoms with Crippen LogP contribution in [0.15, 0.2) is 24.3 Å². The molecule has 0 saturated heterocycles. The van der Waals surface area contributed by atoms with E-state index in [0.29, 0.717) is 18.2 Å². The maximum atomic E-state index is 11.9. The SMILES string of the molecule is COCCNCC(=O)NC(c1ccccc1Cl)C(C)C. The van der Waals surface area contributed by atoms with Gasteiger partial charge in [0.25, 0.3) is 0 Å². The number of hydrogen-bond acceptors (Lipinski definition) is 3. The fraction of sp³-hybridized carbons (Fsp3) is 0.533. The van der Waals surface area contributed by atoms with Crippen molar-refractivity contribution in [2.75, 3.05) is 26.8 Å². The first-order chi connectivity index (χ1) is 9.56. The van der Waals surface area contributed by atoms with Gasteiger partial charge in [-0.2, -0.15) is 0 Å². The Morgan fingerprint density at radius 3 is 2.65 bits per heavy atom. The fourth-order valence-electron chi connectivity index (χ4n) is 1.93. The summed E-state index contributed by atoms with van der Waals surface area (Å²) in [6, 6.07) is 7.53. The summed E-state index contributed by atoms with van der Waals surface area (Å²) < 4.78 is 4.92. The Kier molecular flexibility index (Phi) is 7.59. The molecule has 1 rings (SSSR count). The Morgan fingerprint density at radius 2 is 2.05 bits per heavy atom. The van der Waals surface area contributed by atoms with Crippen LogP contribution in [0.3, 0.4) is 0 Å². The van der Waals surface area contributed by atoms with Crippen molar-refractivity contribution in [3.63, 3.8) is 0 Å². The third-order valence-corrected chi connectivity index (χ3v) is 3.34. The Morgan fingerprint density at radius 1 is 1.35 bits per heavy atom. The molecule has 20 heavy (non-hydrogen) atoms. The molecule has 0 heterocycles. The topological polar surface area (TPSA) is 50.4 Å². The maximum Gasteiger partial charge on any atom is 0.234 e. The molecule has 1 unspecified atom stereocenters. The summed E-state index contributed by atoms with van der Waals surface area (Å²) in [5.41, 5.74) is 0.953. The summed E-state index contributed by atoms with van der Waals surface area (Å²) in [5.74, 6) is 0.220. The van der Waals surface area contributed by atoms with Crippen molar-refractivity contribution in [3.05, 3.63) is 34.9 Å². The average molecular weight is 299 g/mol. The van der Waals surface area contributed by atoms with E-state index in [-0.39, 0.29) is 24.4 Å². The predicted molar refractivity (Wildman–Crippen MR) is 81.9 cm³/mol. The molecule has 2 N–H and O–H groups in total. The van der Waals surface area contributed by atoms with Gasteiger partial charge in [0.15, 0.2) is 0 Å². The second kappa shape index (κ2) is 8.95. The molecular weight excluding hydrogens is 276 g/mol. The lowest BCUT2D eigenvalue weighted by atomic mass is 9.96. The van der Waals surface area contributed by atoms with Gasteiger partial charge in [-0.15, -0.1) is 0 Å². The van der Waals surface area contributed by atoms with Crippen LogP contribution in [-0.2, 0) is 9.53 Å². The van der Waals surface area contributed by atoms with Gasteiger partial charge in [0.2, 0.25) is 5.91 Å². The van der Waals surface area contributed by atoms with Crippen molar-refractivity contribution in [2.45, 2.75) is 19.9 Å². The minimum atomic E-state index is -0.0829. The van der Waals surface area contributed by atoms with Gasteiger partial charge in [0.1, 0.15) is 0 Å². The van der Waals surface area contributed by atoms with Crippen LogP contribution in [0.25, 0.3) is 0 Å². The van der Waals surface area contributed by atoms with Crippen LogP contribution in [-0.4, -0.2) is 32.7 Å². The van der Waals surface area contributed by atoms with E-state index in [1.54, 1.807) is 7.11 Å². The first-order valence-electron chi connectivity index (χ1n) is 6.79. The molecule has 0 bridgehead atoms. The van der Waals surface area contributed by atoms with Crippen LogP contribution in [0, 0.1) is 5.92 Å². The highest BCUT2D eigenvalue weighted by atomic mass is 35.5. The molecular formula is C15H23ClN2O2. The first kappa shape index (κ1) is 17.0. The van der Waals surface area contributed by atoms with Crippen molar-refractivity contribution in [1.29, 1.82) is 0 Å². The number of amides is 1. The highest BCUT2D eigenvalue weighted by Gasteiger charge is 2.20. The summed E-state index contributed by atoms with van der Waals surface area (Å²) in [4.78, 5) is 11.9. The van der Waals surface area contributed by atoms with E-state index in [9.17, 15) is 4.79 Å². The van der Waals surface area contributed by atoms with E-state index in [2.05, 4.69) is 24.5 Å². The Labute approximate surface area is 125 Å². The lowest BCUT2D eigenvalue weighted by molar-refractivity contribution is -0.121. The Balaban J connectivity index is 2.60. The minimum absolute atomic E-state index is 0.0419. The van der Waals surface area contributed by atoms with E-state index in [1.165, 1.54) is 0 Å². The predicted octanol–water partition coefficient (Wildman–Crippen LogP) is 2.39. The summed E-state index contributed by atoms with van der Waals surface area (Å²) in [7, 11) is 1.63. The second-order valence-corrected chi connectivity index (χ2v) is 5.39. The Bertz CT molecular complexity index is 424. The lowest BCUT2D eigenvalue weighted by Gasteiger charge is -2.24. The molecule has 1 aromatic carbocycles. The highest BCUT2D eigenvalue weighted by Crippen LogP contribution is 2.27. The molecule has 1 amide bonds. The first-order valence-corrected chi connectivity index (χ1v) is 7.17. The van der Waals surface area contributed by atoms with E-state index in [0.717, 1.165) is 5.56 Å². The molecule has 0 spiro atoms. The number of nitrogens with one attached hydrogen (secondary N) is 2. The standard InChI is InChI=1S/C15H23ClN2O2/c1-11(2)15(12-6-4-5-7-13(12)16)18-14(19)10-17-8-9-20-3/h4-7,11,15,17H,8-10H2,1-3H3,(H,18,19). The van der Waals surface area contributed by atoms with E-state index in [4.69, 9.17) is 16.3 Å². The molecule has 0 radical (unpaired) electrons. The van der Waals surface area contributed by atoms with Gasteiger partial charge in [-0.25, -0.2) is 0 Å². The summed E-state index contributed by atoms with van der Waals surface area (Å²) in [6.07, 6.45) is 0. The monoisotopic (exact) mass is 298 g/mol. The summed E-state index contributed by atoms with van der Waals surface area (Å²) >= 11 is 6.21. The third kappa shape index (κ3) is 5.49. The lowest BCUT2D eigenvalue weighted by Crippen LogP contribution is -2.39. The van der Waals surface area contributed by atoms with Gasteiger partial charge >= 0.3 is 0 Å². The largest absolute Gasteiger partial charge is 0.383 e. The maximum absolute atomic E-state index is 11.9. The van der Waals surface area contributed by atoms with Gasteiger partial charge in [-0.05, 0) is 17.5 Å². The van der Waals surface area contributed by atoms with Crippen molar-refractivity contribution in [1.82, 2.24) is 10.6 Å². The zero-order valence-electron chi connectivity index (χ0n) is 12.3. The molecule has 4 nitrogen and oxygen atoms in total. The number of methoxy groups -OCH3 is 1. The summed E-state index contributed by atoms with van der Waals surface area (Å²) in [6.45, 7) is 5.64. The van der Waals surface area contributed by atoms with Crippen molar-refractivity contribution >= 4 is 17.5 Å². The number of rotatable bonds is 8. The molecule has 5 heteroatoms. The smallest absolute Gasteiger partial charge is 0.234 e. The molecule has 112 valence electrons. The molecule has 0 aliphatic rings. The molecule has 1 atom stereocenters. The molecule has 0 saturated carbocycles. The van der Waals surface area contributed by atoms with Crippen LogP contribution in [0.4, 0.5) is 0 Å². The zero-order chi connectivity index (χ0) is 15.0. The van der Waals surface area contributed by atoms with Crippen LogP contribution < -0.4 is 10.6 Å². The van der Waals surface area contributed by atoms with Crippen LogP contribution >= 0.6 is 11.6 Å². The average Bonchev–Trinajstić information content (AvgIpc) is 2.42. The fourth-order valence-corrected chi connectivity index (χ4v) is 2.18. The molecule has 1 aromatic rings. The quantitative estimate of drug-likeness (QED) is 0.725. The minimum Gasteiger partial charge on any atom is -0.383 e. The van der Waals surface area contributed by atoms with Crippen molar-refractivity contribution in [3.8, 4) is 0 Å². The Hall–Kier alpha value is -1.10. The number of carbonyl (C=O) groups is 1. The van der Waals surface area contributed by atoms with Crippen LogP contribution in [0.5, 0.6) is 0 Å². The normalized spacial score (nSPS) is 12.4.